The van der Waals surface area contributed by atoms with Crippen LogP contribution in [-0.2, 0) is 4.79 Å². The molecule has 2 N–H and O–H groups in total. The largest absolute Gasteiger partial charge is 0.496 e. The van der Waals surface area contributed by atoms with Crippen LogP contribution in [0.15, 0.2) is 18.2 Å². The summed E-state index contributed by atoms with van der Waals surface area (Å²) in [4.78, 5) is 13.4. The maximum Gasteiger partial charge on any atom is 0.243 e. The summed E-state index contributed by atoms with van der Waals surface area (Å²) in [5.41, 5.74) is 7.86. The van der Waals surface area contributed by atoms with Gasteiger partial charge >= 0.3 is 0 Å². The van der Waals surface area contributed by atoms with Crippen molar-refractivity contribution in [2.75, 3.05) is 21.2 Å². The molecule has 0 heterocycles. The van der Waals surface area contributed by atoms with Crippen LogP contribution >= 0.6 is 0 Å². The second kappa shape index (κ2) is 5.87. The van der Waals surface area contributed by atoms with Gasteiger partial charge < -0.3 is 15.4 Å². The molecule has 18 heavy (non-hydrogen) atoms. The molecule has 1 unspecified atom stereocenters. The molecule has 0 aromatic heterocycles. The Morgan fingerprint density at radius 3 is 2.39 bits per heavy atom. The molecule has 4 nitrogen and oxygen atoms in total. The second-order valence-electron chi connectivity index (χ2n) is 4.87. The number of rotatable bonds is 4. The molecule has 0 radical (unpaired) electrons. The molecule has 0 bridgehead atoms. The van der Waals surface area contributed by atoms with Crippen molar-refractivity contribution in [3.05, 3.63) is 29.3 Å². The molecular formula is C14H22N2O2. The predicted octanol–water partition coefficient (Wildman–Crippen LogP) is 1.91. The first kappa shape index (κ1) is 14.5. The van der Waals surface area contributed by atoms with Crippen molar-refractivity contribution >= 4 is 5.91 Å². The Balaban J connectivity index is 3.13. The summed E-state index contributed by atoms with van der Waals surface area (Å²) < 4.78 is 5.34. The van der Waals surface area contributed by atoms with E-state index in [1.807, 2.05) is 18.2 Å². The Morgan fingerprint density at radius 2 is 1.94 bits per heavy atom. The van der Waals surface area contributed by atoms with Crippen molar-refractivity contribution in [1.82, 2.24) is 4.90 Å². The summed E-state index contributed by atoms with van der Waals surface area (Å²) in [5.74, 6) is 0.947. The van der Waals surface area contributed by atoms with Gasteiger partial charge in [-0.25, -0.2) is 0 Å². The summed E-state index contributed by atoms with van der Waals surface area (Å²) >= 11 is 0. The Labute approximate surface area is 109 Å². The van der Waals surface area contributed by atoms with Crippen LogP contribution in [0.25, 0.3) is 0 Å². The molecule has 0 aliphatic rings. The fourth-order valence-corrected chi connectivity index (χ4v) is 1.75. The number of nitrogens with two attached hydrogens (primary N) is 1. The zero-order chi connectivity index (χ0) is 13.9. The van der Waals surface area contributed by atoms with Crippen LogP contribution < -0.4 is 10.5 Å². The number of ether oxygens (including phenoxy) is 1. The van der Waals surface area contributed by atoms with Crippen LogP contribution in [0.2, 0.25) is 0 Å². The average Bonchev–Trinajstić information content (AvgIpc) is 2.35. The van der Waals surface area contributed by atoms with Gasteiger partial charge in [-0.2, -0.15) is 0 Å². The maximum atomic E-state index is 11.9. The van der Waals surface area contributed by atoms with Crippen LogP contribution in [0.1, 0.15) is 36.9 Å². The van der Waals surface area contributed by atoms with Crippen LogP contribution in [0.3, 0.4) is 0 Å². The number of hydrogen-bond donors (Lipinski definition) is 1. The van der Waals surface area contributed by atoms with E-state index in [2.05, 4.69) is 13.8 Å². The molecule has 0 spiro atoms. The number of benzene rings is 1. The number of carbonyl (C=O) groups excluding carboxylic acids is 1. The van der Waals surface area contributed by atoms with Crippen molar-refractivity contribution in [3.8, 4) is 5.75 Å². The normalized spacial score (nSPS) is 12.4. The number of amides is 1. The van der Waals surface area contributed by atoms with E-state index in [0.29, 0.717) is 11.7 Å². The fraction of sp³-hybridized carbons (Fsp3) is 0.500. The molecule has 1 aromatic rings. The van der Waals surface area contributed by atoms with Gasteiger partial charge in [0, 0.05) is 19.7 Å². The summed E-state index contributed by atoms with van der Waals surface area (Å²) in [6.07, 6.45) is 0. The first-order chi connectivity index (χ1) is 8.38. The summed E-state index contributed by atoms with van der Waals surface area (Å²) in [5, 5.41) is 0. The van der Waals surface area contributed by atoms with Crippen molar-refractivity contribution in [3.63, 3.8) is 0 Å². The topological polar surface area (TPSA) is 55.6 Å². The van der Waals surface area contributed by atoms with Gasteiger partial charge in [0.25, 0.3) is 0 Å². The first-order valence-corrected chi connectivity index (χ1v) is 6.03. The van der Waals surface area contributed by atoms with Gasteiger partial charge in [0.1, 0.15) is 11.8 Å². The molecule has 0 saturated carbocycles. The molecule has 4 heteroatoms. The number of nitrogens with zero attached hydrogens (tertiary/aromatic N) is 1. The average molecular weight is 250 g/mol. The molecule has 0 fully saturated rings. The van der Waals surface area contributed by atoms with E-state index in [1.165, 1.54) is 10.5 Å². The van der Waals surface area contributed by atoms with E-state index in [-0.39, 0.29) is 5.91 Å². The van der Waals surface area contributed by atoms with Gasteiger partial charge in [-0.05, 0) is 17.5 Å². The molecular weight excluding hydrogens is 228 g/mol. The molecule has 0 saturated heterocycles. The Bertz CT molecular complexity index is 428. The maximum absolute atomic E-state index is 11.9. The zero-order valence-corrected chi connectivity index (χ0v) is 11.7. The molecule has 1 atom stereocenters. The smallest absolute Gasteiger partial charge is 0.243 e. The van der Waals surface area contributed by atoms with Gasteiger partial charge in [-0.15, -0.1) is 0 Å². The van der Waals surface area contributed by atoms with Crippen molar-refractivity contribution in [2.24, 2.45) is 5.73 Å². The number of carbonyl (C=O) groups is 1. The van der Waals surface area contributed by atoms with Crippen molar-refractivity contribution < 1.29 is 9.53 Å². The third kappa shape index (κ3) is 3.01. The summed E-state index contributed by atoms with van der Waals surface area (Å²) in [6, 6.07) is 5.13. The highest BCUT2D eigenvalue weighted by atomic mass is 16.5. The summed E-state index contributed by atoms with van der Waals surface area (Å²) in [7, 11) is 4.98. The third-order valence-corrected chi connectivity index (χ3v) is 2.97. The van der Waals surface area contributed by atoms with E-state index in [1.54, 1.807) is 21.2 Å². The molecule has 1 aromatic carbocycles. The van der Waals surface area contributed by atoms with Crippen LogP contribution in [0.4, 0.5) is 0 Å². The third-order valence-electron chi connectivity index (χ3n) is 2.97. The quantitative estimate of drug-likeness (QED) is 0.888. The number of methoxy groups -OCH3 is 1. The second-order valence-corrected chi connectivity index (χ2v) is 4.87. The van der Waals surface area contributed by atoms with Gasteiger partial charge in [-0.3, -0.25) is 4.79 Å². The van der Waals surface area contributed by atoms with E-state index in [4.69, 9.17) is 10.5 Å². The molecule has 0 aliphatic carbocycles. The number of likely N-dealkylation sites (N-methyl/N-ethyl adjacent to an activating group) is 1. The van der Waals surface area contributed by atoms with E-state index in [0.717, 1.165) is 5.56 Å². The lowest BCUT2D eigenvalue weighted by Gasteiger charge is -2.20. The fourth-order valence-electron chi connectivity index (χ4n) is 1.75. The lowest BCUT2D eigenvalue weighted by molar-refractivity contribution is -0.130. The van der Waals surface area contributed by atoms with Crippen LogP contribution in [0.5, 0.6) is 5.75 Å². The van der Waals surface area contributed by atoms with Crippen LogP contribution in [-0.4, -0.2) is 32.0 Å². The molecule has 100 valence electrons. The molecule has 0 aliphatic heterocycles. The molecule has 1 rings (SSSR count). The minimum Gasteiger partial charge on any atom is -0.496 e. The van der Waals surface area contributed by atoms with Crippen molar-refractivity contribution in [2.45, 2.75) is 25.8 Å². The van der Waals surface area contributed by atoms with E-state index >= 15 is 0 Å². The zero-order valence-electron chi connectivity index (χ0n) is 11.7. The van der Waals surface area contributed by atoms with E-state index in [9.17, 15) is 4.79 Å². The Morgan fingerprint density at radius 1 is 1.33 bits per heavy atom. The highest BCUT2D eigenvalue weighted by molar-refractivity contribution is 5.83. The van der Waals surface area contributed by atoms with Gasteiger partial charge in [0.2, 0.25) is 5.91 Å². The van der Waals surface area contributed by atoms with Gasteiger partial charge in [-0.1, -0.05) is 26.0 Å². The van der Waals surface area contributed by atoms with Crippen molar-refractivity contribution in [1.29, 1.82) is 0 Å². The van der Waals surface area contributed by atoms with Gasteiger partial charge in [0.05, 0.1) is 7.11 Å². The highest BCUT2D eigenvalue weighted by Crippen LogP contribution is 2.28. The summed E-state index contributed by atoms with van der Waals surface area (Å²) in [6.45, 7) is 4.22. The minimum atomic E-state index is -0.684. The monoisotopic (exact) mass is 250 g/mol. The molecule has 1 amide bonds. The van der Waals surface area contributed by atoms with E-state index < -0.39 is 6.04 Å². The highest BCUT2D eigenvalue weighted by Gasteiger charge is 2.21. The standard InChI is InChI=1S/C14H22N2O2/c1-9(2)10-6-7-11(12(8-10)18-5)13(15)14(17)16(3)4/h6-9,13H,15H2,1-5H3. The Hall–Kier alpha value is -1.55. The first-order valence-electron chi connectivity index (χ1n) is 6.03. The SMILES string of the molecule is COc1cc(C(C)C)ccc1C(N)C(=O)N(C)C. The lowest BCUT2D eigenvalue weighted by Crippen LogP contribution is -2.33. The van der Waals surface area contributed by atoms with Crippen LogP contribution in [0, 0.1) is 0 Å². The lowest BCUT2D eigenvalue weighted by atomic mass is 9.97. The van der Waals surface area contributed by atoms with Gasteiger partial charge in [0.15, 0.2) is 0 Å². The number of hydrogen-bond acceptors (Lipinski definition) is 3. The minimum absolute atomic E-state index is 0.134. The Kier molecular flexibility index (Phi) is 4.73. The predicted molar refractivity (Wildman–Crippen MR) is 72.7 cm³/mol.